The van der Waals surface area contributed by atoms with Gasteiger partial charge in [0.1, 0.15) is 0 Å². The molecule has 0 aromatic carbocycles. The molecule has 0 radical (unpaired) electrons. The zero-order valence-electron chi connectivity index (χ0n) is 9.47. The largest absolute Gasteiger partial charge is 0.336 e. The van der Waals surface area contributed by atoms with E-state index in [1.165, 1.54) is 0 Å². The Morgan fingerprint density at radius 2 is 2.12 bits per heavy atom. The maximum atomic E-state index is 12.2. The number of carbonyl (C=O) groups is 1. The first-order valence-electron chi connectivity index (χ1n) is 5.76. The zero-order chi connectivity index (χ0) is 11.7. The number of nitrogens with one attached hydrogen (secondary N) is 1. The molecule has 5 nitrogen and oxygen atoms in total. The van der Waals surface area contributed by atoms with Crippen molar-refractivity contribution in [3.8, 4) is 0 Å². The second kappa shape index (κ2) is 4.18. The van der Waals surface area contributed by atoms with E-state index in [4.69, 9.17) is 0 Å². The third-order valence-electron chi connectivity index (χ3n) is 3.06. The molecule has 1 amide bonds. The molecule has 1 aliphatic rings. The molecular weight excluding hydrogens is 216 g/mol. The van der Waals surface area contributed by atoms with Gasteiger partial charge in [0.05, 0.1) is 23.6 Å². The van der Waals surface area contributed by atoms with Gasteiger partial charge in [-0.1, -0.05) is 0 Å². The second-order valence-electron chi connectivity index (χ2n) is 4.19. The molecular formula is C12H14N4O. The fourth-order valence-electron chi connectivity index (χ4n) is 2.10. The molecule has 1 fully saturated rings. The summed E-state index contributed by atoms with van der Waals surface area (Å²) in [5.41, 5.74) is 1.72. The van der Waals surface area contributed by atoms with Crippen LogP contribution < -0.4 is 5.32 Å². The minimum absolute atomic E-state index is 0.0992. The number of nitrogens with zero attached hydrogens (tertiary/aromatic N) is 3. The fourth-order valence-corrected chi connectivity index (χ4v) is 2.10. The third-order valence-corrected chi connectivity index (χ3v) is 3.06. The van der Waals surface area contributed by atoms with E-state index < -0.39 is 0 Å². The Morgan fingerprint density at radius 1 is 1.29 bits per heavy atom. The summed E-state index contributed by atoms with van der Waals surface area (Å²) in [5.74, 6) is 0.0992. The van der Waals surface area contributed by atoms with E-state index in [1.807, 2.05) is 27.6 Å². The Labute approximate surface area is 99.1 Å². The Bertz CT molecular complexity index is 542. The van der Waals surface area contributed by atoms with Crippen molar-refractivity contribution in [1.82, 2.24) is 19.6 Å². The van der Waals surface area contributed by atoms with Gasteiger partial charge in [-0.15, -0.1) is 0 Å². The lowest BCUT2D eigenvalue weighted by atomic mass is 10.2. The molecule has 0 saturated carbocycles. The molecule has 5 heteroatoms. The Balaban J connectivity index is 1.88. The van der Waals surface area contributed by atoms with Gasteiger partial charge in [-0.2, -0.15) is 0 Å². The Kier molecular flexibility index (Phi) is 2.53. The average molecular weight is 230 g/mol. The fraction of sp³-hybridized carbons (Fsp3) is 0.333. The minimum atomic E-state index is 0.0992. The molecule has 1 aliphatic heterocycles. The molecule has 17 heavy (non-hydrogen) atoms. The number of rotatable bonds is 1. The minimum Gasteiger partial charge on any atom is -0.336 e. The van der Waals surface area contributed by atoms with Gasteiger partial charge >= 0.3 is 0 Å². The summed E-state index contributed by atoms with van der Waals surface area (Å²) in [4.78, 5) is 18.2. The first kappa shape index (κ1) is 10.3. The first-order chi connectivity index (χ1) is 8.34. The molecule has 0 aliphatic carbocycles. The maximum Gasteiger partial charge on any atom is 0.255 e. The van der Waals surface area contributed by atoms with Crippen molar-refractivity contribution >= 4 is 11.4 Å². The highest BCUT2D eigenvalue weighted by atomic mass is 16.2. The number of pyridine rings is 1. The molecule has 88 valence electrons. The van der Waals surface area contributed by atoms with Crippen LogP contribution in [-0.4, -0.2) is 46.4 Å². The van der Waals surface area contributed by atoms with Crippen LogP contribution in [0.3, 0.4) is 0 Å². The van der Waals surface area contributed by atoms with E-state index in [0.29, 0.717) is 0 Å². The van der Waals surface area contributed by atoms with Crippen molar-refractivity contribution in [1.29, 1.82) is 0 Å². The van der Waals surface area contributed by atoms with Gasteiger partial charge in [-0.25, -0.2) is 4.98 Å². The van der Waals surface area contributed by atoms with Gasteiger partial charge in [-0.05, 0) is 12.1 Å². The Hall–Kier alpha value is -1.88. The topological polar surface area (TPSA) is 49.6 Å². The van der Waals surface area contributed by atoms with Gasteiger partial charge in [0.15, 0.2) is 0 Å². The van der Waals surface area contributed by atoms with Crippen molar-refractivity contribution in [3.05, 3.63) is 36.4 Å². The van der Waals surface area contributed by atoms with Crippen LogP contribution in [0.4, 0.5) is 0 Å². The van der Waals surface area contributed by atoms with Crippen LogP contribution in [0.5, 0.6) is 0 Å². The van der Waals surface area contributed by atoms with Gasteiger partial charge in [0.25, 0.3) is 5.91 Å². The van der Waals surface area contributed by atoms with Gasteiger partial charge in [0.2, 0.25) is 0 Å². The molecule has 0 bridgehead atoms. The zero-order valence-corrected chi connectivity index (χ0v) is 9.47. The van der Waals surface area contributed by atoms with Crippen LogP contribution in [-0.2, 0) is 0 Å². The highest BCUT2D eigenvalue weighted by Gasteiger charge is 2.17. The van der Waals surface area contributed by atoms with E-state index in [1.54, 1.807) is 12.5 Å². The summed E-state index contributed by atoms with van der Waals surface area (Å²) >= 11 is 0. The van der Waals surface area contributed by atoms with Crippen molar-refractivity contribution in [2.75, 3.05) is 26.2 Å². The van der Waals surface area contributed by atoms with Crippen LogP contribution in [0.2, 0.25) is 0 Å². The summed E-state index contributed by atoms with van der Waals surface area (Å²) in [6.07, 6.45) is 5.33. The number of fused-ring (bicyclic) bond motifs is 1. The molecule has 0 unspecified atom stereocenters. The lowest BCUT2D eigenvalue weighted by Crippen LogP contribution is -2.46. The van der Waals surface area contributed by atoms with Crippen molar-refractivity contribution in [2.45, 2.75) is 0 Å². The number of piperazine rings is 1. The third kappa shape index (κ3) is 1.89. The molecule has 3 heterocycles. The number of carbonyl (C=O) groups excluding carboxylic acids is 1. The van der Waals surface area contributed by atoms with Crippen molar-refractivity contribution in [2.24, 2.45) is 0 Å². The van der Waals surface area contributed by atoms with E-state index in [9.17, 15) is 4.79 Å². The smallest absolute Gasteiger partial charge is 0.255 e. The normalized spacial score (nSPS) is 16.4. The first-order valence-corrected chi connectivity index (χ1v) is 5.76. The SMILES string of the molecule is O=C(c1ccc2cncn2c1)N1CCNCC1. The molecule has 1 N–H and O–H groups in total. The quantitative estimate of drug-likeness (QED) is 0.770. The molecule has 1 saturated heterocycles. The van der Waals surface area contributed by atoms with E-state index in [0.717, 1.165) is 37.3 Å². The molecule has 3 rings (SSSR count). The van der Waals surface area contributed by atoms with Crippen LogP contribution in [0.1, 0.15) is 10.4 Å². The summed E-state index contributed by atoms with van der Waals surface area (Å²) in [6, 6.07) is 3.78. The average Bonchev–Trinajstić information content (AvgIpc) is 2.86. The van der Waals surface area contributed by atoms with E-state index in [-0.39, 0.29) is 5.91 Å². The van der Waals surface area contributed by atoms with Crippen LogP contribution in [0.15, 0.2) is 30.9 Å². The number of hydrogen-bond acceptors (Lipinski definition) is 3. The highest BCUT2D eigenvalue weighted by Crippen LogP contribution is 2.09. The summed E-state index contributed by atoms with van der Waals surface area (Å²) < 4.78 is 1.87. The number of imidazole rings is 1. The lowest BCUT2D eigenvalue weighted by molar-refractivity contribution is 0.0735. The highest BCUT2D eigenvalue weighted by molar-refractivity contribution is 5.94. The standard InChI is InChI=1S/C12H14N4O/c17-12(15-5-3-13-4-6-15)10-1-2-11-7-14-9-16(11)8-10/h1-2,7-9,13H,3-6H2. The lowest BCUT2D eigenvalue weighted by Gasteiger charge is -2.27. The predicted molar refractivity (Wildman–Crippen MR) is 64.0 cm³/mol. The van der Waals surface area contributed by atoms with Crippen LogP contribution in [0, 0.1) is 0 Å². The van der Waals surface area contributed by atoms with Gasteiger partial charge in [0, 0.05) is 32.4 Å². The summed E-state index contributed by atoms with van der Waals surface area (Å²) in [6.45, 7) is 3.31. The monoisotopic (exact) mass is 230 g/mol. The number of hydrogen-bond donors (Lipinski definition) is 1. The predicted octanol–water partition coefficient (Wildman–Crippen LogP) is 0.380. The number of aromatic nitrogens is 2. The van der Waals surface area contributed by atoms with Crippen LogP contribution >= 0.6 is 0 Å². The van der Waals surface area contributed by atoms with E-state index >= 15 is 0 Å². The van der Waals surface area contributed by atoms with Gasteiger partial charge in [-0.3, -0.25) is 4.79 Å². The Morgan fingerprint density at radius 3 is 2.94 bits per heavy atom. The van der Waals surface area contributed by atoms with Gasteiger partial charge < -0.3 is 14.6 Å². The summed E-state index contributed by atoms with van der Waals surface area (Å²) in [7, 11) is 0. The molecule has 0 atom stereocenters. The van der Waals surface area contributed by atoms with E-state index in [2.05, 4.69) is 10.3 Å². The van der Waals surface area contributed by atoms with Crippen molar-refractivity contribution in [3.63, 3.8) is 0 Å². The second-order valence-corrected chi connectivity index (χ2v) is 4.19. The van der Waals surface area contributed by atoms with Crippen molar-refractivity contribution < 1.29 is 4.79 Å². The molecule has 2 aromatic heterocycles. The maximum absolute atomic E-state index is 12.2. The van der Waals surface area contributed by atoms with Crippen LogP contribution in [0.25, 0.3) is 5.52 Å². The molecule has 0 spiro atoms. The molecule has 2 aromatic rings. The number of amides is 1. The summed E-state index contributed by atoms with van der Waals surface area (Å²) in [5, 5.41) is 3.24.